The third-order valence-corrected chi connectivity index (χ3v) is 10.6. The van der Waals surface area contributed by atoms with Gasteiger partial charge in [0.25, 0.3) is 0 Å². The van der Waals surface area contributed by atoms with Gasteiger partial charge in [0.2, 0.25) is 5.91 Å². The van der Waals surface area contributed by atoms with Crippen molar-refractivity contribution < 1.29 is 19.1 Å². The average molecular weight is 605 g/mol. The summed E-state index contributed by atoms with van der Waals surface area (Å²) in [7, 11) is 0. The molecule has 2 heterocycles. The minimum Gasteiger partial charge on any atom is -0.487 e. The van der Waals surface area contributed by atoms with Crippen molar-refractivity contribution in [3.63, 3.8) is 0 Å². The lowest BCUT2D eigenvalue weighted by Crippen LogP contribution is -2.69. The minimum absolute atomic E-state index is 0.000219. The Morgan fingerprint density at radius 1 is 1.02 bits per heavy atom. The highest BCUT2D eigenvalue weighted by Gasteiger charge is 2.66. The number of carbonyl (C=O) groups is 2. The highest BCUT2D eigenvalue weighted by atomic mass is 16.5. The molecule has 45 heavy (non-hydrogen) atoms. The molecule has 7 rings (SSSR count). The van der Waals surface area contributed by atoms with E-state index in [-0.39, 0.29) is 35.5 Å². The van der Waals surface area contributed by atoms with Crippen molar-refractivity contribution in [2.75, 3.05) is 19.6 Å². The van der Waals surface area contributed by atoms with E-state index in [1.807, 2.05) is 54.6 Å². The Balaban J connectivity index is 1.21. The number of esters is 1. The van der Waals surface area contributed by atoms with E-state index in [1.54, 1.807) is 6.08 Å². The number of nitrogens with zero attached hydrogens (tertiary/aromatic N) is 2. The lowest BCUT2D eigenvalue weighted by molar-refractivity contribution is -0.151. The van der Waals surface area contributed by atoms with Crippen LogP contribution < -0.4 is 4.74 Å². The molecular formula is C39H44N2O4. The lowest BCUT2D eigenvalue weighted by atomic mass is 9.51. The number of carbonyl (C=O) groups excluding carboxylic acids is 2. The van der Waals surface area contributed by atoms with Crippen LogP contribution in [0.3, 0.4) is 0 Å². The number of amides is 1. The Kier molecular flexibility index (Phi) is 8.03. The van der Waals surface area contributed by atoms with E-state index in [1.165, 1.54) is 18.1 Å². The molecule has 2 bridgehead atoms. The summed E-state index contributed by atoms with van der Waals surface area (Å²) in [6, 6.07) is 27.0. The first kappa shape index (κ1) is 29.8. The van der Waals surface area contributed by atoms with E-state index >= 15 is 0 Å². The maximum absolute atomic E-state index is 14.0. The van der Waals surface area contributed by atoms with Crippen LogP contribution >= 0.6 is 0 Å². The summed E-state index contributed by atoms with van der Waals surface area (Å²) in [5.41, 5.74) is 4.70. The van der Waals surface area contributed by atoms with E-state index in [4.69, 9.17) is 9.47 Å². The first-order chi connectivity index (χ1) is 21.8. The third-order valence-electron chi connectivity index (χ3n) is 10.6. The summed E-state index contributed by atoms with van der Waals surface area (Å²) in [6.45, 7) is 8.15. The van der Waals surface area contributed by atoms with Crippen molar-refractivity contribution >= 4 is 18.0 Å². The minimum atomic E-state index is -0.312. The number of ether oxygens (including phenoxy) is 2. The number of benzene rings is 3. The van der Waals surface area contributed by atoms with Crippen molar-refractivity contribution in [3.8, 4) is 5.75 Å². The first-order valence-electron chi connectivity index (χ1n) is 16.6. The van der Waals surface area contributed by atoms with E-state index in [2.05, 4.69) is 54.0 Å². The molecule has 0 N–H and O–H groups in total. The standard InChI is InChI=1S/C39H44N2O4/c1-26(2)24-41(36(43)20-17-28-11-6-4-7-12-28)32-19-18-31-33-23-30-15-10-16-34-37(30)39(31,38(32)45-34)21-22-40(33)25-35(44-27(3)42)29-13-8-5-9-14-29/h4-17,20,26,31-33,35,38H,18-19,21-25H2,1-3H3/t31-,32+,33+,35?,38-,39-/m0/s1. The van der Waals surface area contributed by atoms with Gasteiger partial charge in [-0.15, -0.1) is 0 Å². The highest BCUT2D eigenvalue weighted by molar-refractivity contribution is 5.92. The summed E-state index contributed by atoms with van der Waals surface area (Å²) >= 11 is 0. The Hall–Kier alpha value is -3.90. The number of hydrogen-bond acceptors (Lipinski definition) is 5. The fourth-order valence-electron chi connectivity index (χ4n) is 9.02. The summed E-state index contributed by atoms with van der Waals surface area (Å²) < 4.78 is 12.9. The Bertz CT molecular complexity index is 1570. The normalized spacial score (nSPS) is 27.1. The fraction of sp³-hybridized carbons (Fsp3) is 0.436. The van der Waals surface area contributed by atoms with Crippen molar-refractivity contribution in [1.29, 1.82) is 0 Å². The molecule has 3 aromatic carbocycles. The molecule has 2 fully saturated rings. The molecule has 2 aliphatic carbocycles. The molecule has 1 spiro atoms. The van der Waals surface area contributed by atoms with Gasteiger partial charge in [-0.25, -0.2) is 0 Å². The van der Waals surface area contributed by atoms with Crippen molar-refractivity contribution in [1.82, 2.24) is 9.80 Å². The van der Waals surface area contributed by atoms with E-state index in [0.717, 1.165) is 49.1 Å². The van der Waals surface area contributed by atoms with E-state index in [9.17, 15) is 9.59 Å². The molecule has 1 unspecified atom stereocenters. The second-order valence-corrected chi connectivity index (χ2v) is 13.8. The van der Waals surface area contributed by atoms with Crippen LogP contribution in [0.15, 0.2) is 84.9 Å². The third kappa shape index (κ3) is 5.37. The van der Waals surface area contributed by atoms with Gasteiger partial charge in [0.05, 0.1) is 6.04 Å². The van der Waals surface area contributed by atoms with Gasteiger partial charge in [0.15, 0.2) is 0 Å². The summed E-state index contributed by atoms with van der Waals surface area (Å²) in [4.78, 5) is 30.9. The molecule has 1 saturated carbocycles. The van der Waals surface area contributed by atoms with Gasteiger partial charge in [-0.2, -0.15) is 0 Å². The van der Waals surface area contributed by atoms with Gasteiger partial charge < -0.3 is 14.4 Å². The van der Waals surface area contributed by atoms with E-state index in [0.29, 0.717) is 31.0 Å². The van der Waals surface area contributed by atoms with Crippen molar-refractivity contribution in [2.45, 2.75) is 76.2 Å². The van der Waals surface area contributed by atoms with Crippen LogP contribution in [0.5, 0.6) is 5.75 Å². The zero-order valence-corrected chi connectivity index (χ0v) is 26.6. The van der Waals surface area contributed by atoms with Crippen molar-refractivity contribution in [3.05, 3.63) is 107 Å². The molecule has 3 aromatic rings. The largest absolute Gasteiger partial charge is 0.487 e. The van der Waals surface area contributed by atoms with Crippen LogP contribution in [0.2, 0.25) is 0 Å². The average Bonchev–Trinajstić information content (AvgIpc) is 3.38. The Morgan fingerprint density at radius 2 is 1.78 bits per heavy atom. The van der Waals surface area contributed by atoms with Crippen LogP contribution in [0.25, 0.3) is 6.08 Å². The van der Waals surface area contributed by atoms with Crippen LogP contribution in [0, 0.1) is 11.8 Å². The molecule has 4 aliphatic rings. The zero-order valence-electron chi connectivity index (χ0n) is 26.6. The van der Waals surface area contributed by atoms with Crippen molar-refractivity contribution in [2.24, 2.45) is 11.8 Å². The number of rotatable bonds is 9. The first-order valence-corrected chi connectivity index (χ1v) is 16.6. The maximum Gasteiger partial charge on any atom is 0.303 e. The Labute approximate surface area is 267 Å². The van der Waals surface area contributed by atoms with Gasteiger partial charge in [0, 0.05) is 43.1 Å². The predicted octanol–water partition coefficient (Wildman–Crippen LogP) is 6.60. The second kappa shape index (κ2) is 12.1. The zero-order chi connectivity index (χ0) is 31.1. The monoisotopic (exact) mass is 604 g/mol. The molecule has 0 radical (unpaired) electrons. The molecule has 1 amide bonds. The van der Waals surface area contributed by atoms with Crippen LogP contribution in [-0.2, 0) is 26.2 Å². The molecule has 1 saturated heterocycles. The van der Waals surface area contributed by atoms with Gasteiger partial charge in [-0.3, -0.25) is 14.5 Å². The highest BCUT2D eigenvalue weighted by Crippen LogP contribution is 2.62. The maximum atomic E-state index is 14.0. The predicted molar refractivity (Wildman–Crippen MR) is 176 cm³/mol. The van der Waals surface area contributed by atoms with Crippen LogP contribution in [0.4, 0.5) is 0 Å². The molecule has 0 aromatic heterocycles. The number of hydrogen-bond donors (Lipinski definition) is 0. The van der Waals surface area contributed by atoms with Gasteiger partial charge in [0.1, 0.15) is 18.0 Å². The lowest BCUT2D eigenvalue weighted by Gasteiger charge is -2.60. The summed E-state index contributed by atoms with van der Waals surface area (Å²) in [5, 5.41) is 0. The number of piperidine rings is 1. The molecule has 6 nitrogen and oxygen atoms in total. The molecular weight excluding hydrogens is 560 g/mol. The van der Waals surface area contributed by atoms with Crippen LogP contribution in [0.1, 0.15) is 68.4 Å². The molecule has 6 heteroatoms. The topological polar surface area (TPSA) is 59.1 Å². The smallest absolute Gasteiger partial charge is 0.303 e. The summed E-state index contributed by atoms with van der Waals surface area (Å²) in [5.74, 6) is 1.57. The van der Waals surface area contributed by atoms with Gasteiger partial charge in [-0.05, 0) is 72.9 Å². The quantitative estimate of drug-likeness (QED) is 0.204. The van der Waals surface area contributed by atoms with Gasteiger partial charge in [-0.1, -0.05) is 86.6 Å². The van der Waals surface area contributed by atoms with Crippen LogP contribution in [-0.4, -0.2) is 59.5 Å². The van der Waals surface area contributed by atoms with E-state index < -0.39 is 0 Å². The second-order valence-electron chi connectivity index (χ2n) is 13.8. The van der Waals surface area contributed by atoms with Gasteiger partial charge >= 0.3 is 5.97 Å². The Morgan fingerprint density at radius 3 is 2.51 bits per heavy atom. The fourth-order valence-corrected chi connectivity index (χ4v) is 9.02. The molecule has 2 aliphatic heterocycles. The summed E-state index contributed by atoms with van der Waals surface area (Å²) in [6.07, 6.45) is 7.17. The SMILES string of the molecule is CC(=O)OC(CN1CC[C@]23c4c5cccc4O[C@H]2[C@H](N(CC(C)C)C(=O)C=Cc2ccccc2)CC[C@H]3[C@H]1C5)c1ccccc1. The molecule has 234 valence electrons. The number of likely N-dealkylation sites (tertiary alicyclic amines) is 1. The molecule has 6 atom stereocenters.